The maximum absolute atomic E-state index is 11.4. The van der Waals surface area contributed by atoms with Crippen LogP contribution in [-0.2, 0) is 9.59 Å². The summed E-state index contributed by atoms with van der Waals surface area (Å²) in [6.07, 6.45) is 5.53. The third-order valence-corrected chi connectivity index (χ3v) is 3.28. The minimum atomic E-state index is -1.72. The minimum absolute atomic E-state index is 0.117. The molecule has 0 aliphatic heterocycles. The van der Waals surface area contributed by atoms with Crippen molar-refractivity contribution in [2.45, 2.75) is 25.9 Å². The number of carbonyl (C=O) groups is 2. The zero-order chi connectivity index (χ0) is 12.4. The van der Waals surface area contributed by atoms with E-state index in [1.807, 2.05) is 0 Å². The molecule has 2 atom stereocenters. The third-order valence-electron chi connectivity index (χ3n) is 3.28. The second-order valence-electron chi connectivity index (χ2n) is 4.26. The Morgan fingerprint density at radius 2 is 2.31 bits per heavy atom. The van der Waals surface area contributed by atoms with E-state index in [1.165, 1.54) is 19.9 Å². The van der Waals surface area contributed by atoms with E-state index in [2.05, 4.69) is 0 Å². The Bertz CT molecular complexity index is 365. The average molecular weight is 224 g/mol. The van der Waals surface area contributed by atoms with Crippen LogP contribution >= 0.6 is 0 Å². The van der Waals surface area contributed by atoms with E-state index in [-0.39, 0.29) is 13.0 Å². The van der Waals surface area contributed by atoms with Crippen LogP contribution in [0.25, 0.3) is 0 Å². The number of hydrogen-bond acceptors (Lipinski definition) is 4. The van der Waals surface area contributed by atoms with Gasteiger partial charge in [0.15, 0.2) is 5.78 Å². The van der Waals surface area contributed by atoms with E-state index in [1.54, 1.807) is 12.2 Å². The smallest absolute Gasteiger partial charge is 0.162 e. The number of Topliss-reactive ketones (excluding diaryl/α,β-unsaturated/α-hetero) is 1. The summed E-state index contributed by atoms with van der Waals surface area (Å²) in [6.45, 7) is 2.48. The number of aliphatic hydroxyl groups is 2. The first kappa shape index (κ1) is 12.8. The van der Waals surface area contributed by atoms with Crippen LogP contribution in [0, 0.1) is 5.41 Å². The zero-order valence-corrected chi connectivity index (χ0v) is 9.43. The zero-order valence-electron chi connectivity index (χ0n) is 9.43. The lowest BCUT2D eigenvalue weighted by atomic mass is 9.67. The monoisotopic (exact) mass is 224 g/mol. The molecule has 0 aromatic heterocycles. The first-order chi connectivity index (χ1) is 7.39. The molecule has 0 amide bonds. The van der Waals surface area contributed by atoms with Gasteiger partial charge in [0, 0.05) is 0 Å². The number of aliphatic hydroxyl groups excluding tert-OH is 1. The van der Waals surface area contributed by atoms with Crippen LogP contribution < -0.4 is 0 Å². The molecule has 88 valence electrons. The van der Waals surface area contributed by atoms with Crippen LogP contribution in [0.4, 0.5) is 0 Å². The molecule has 1 aliphatic carbocycles. The minimum Gasteiger partial charge on any atom is -0.392 e. The molecule has 0 radical (unpaired) electrons. The Balaban J connectivity index is 3.09. The quantitative estimate of drug-likeness (QED) is 0.677. The lowest BCUT2D eigenvalue weighted by molar-refractivity contribution is -0.149. The fourth-order valence-electron chi connectivity index (χ4n) is 1.70. The highest BCUT2D eigenvalue weighted by Gasteiger charge is 2.48. The van der Waals surface area contributed by atoms with Gasteiger partial charge in [0.1, 0.15) is 11.9 Å². The van der Waals surface area contributed by atoms with Gasteiger partial charge in [-0.15, -0.1) is 0 Å². The van der Waals surface area contributed by atoms with E-state index in [0.29, 0.717) is 11.9 Å². The summed E-state index contributed by atoms with van der Waals surface area (Å²) in [6, 6.07) is 0. The average Bonchev–Trinajstić information content (AvgIpc) is 2.28. The summed E-state index contributed by atoms with van der Waals surface area (Å²) in [4.78, 5) is 22.5. The van der Waals surface area contributed by atoms with Crippen molar-refractivity contribution in [1.29, 1.82) is 0 Å². The molecule has 1 aliphatic rings. The molecule has 0 heterocycles. The molecule has 4 heteroatoms. The topological polar surface area (TPSA) is 74.6 Å². The van der Waals surface area contributed by atoms with Crippen molar-refractivity contribution >= 4 is 12.1 Å². The molecule has 16 heavy (non-hydrogen) atoms. The van der Waals surface area contributed by atoms with E-state index in [0.717, 1.165) is 0 Å². The molecule has 0 spiro atoms. The Hall–Kier alpha value is -1.26. The van der Waals surface area contributed by atoms with Crippen LogP contribution in [0.2, 0.25) is 0 Å². The number of aldehydes is 1. The molecule has 0 saturated heterocycles. The first-order valence-corrected chi connectivity index (χ1v) is 5.08. The SMILES string of the molecule is CC(=O)[C@@](C)(O)[C@@]1(C=O)C=CC(CO)=CC1. The molecule has 0 aromatic rings. The molecule has 1 rings (SSSR count). The summed E-state index contributed by atoms with van der Waals surface area (Å²) in [5.74, 6) is -0.454. The Morgan fingerprint density at radius 3 is 2.62 bits per heavy atom. The number of rotatable bonds is 4. The molecular formula is C12H16O4. The second kappa shape index (κ2) is 4.31. The largest absolute Gasteiger partial charge is 0.392 e. The maximum atomic E-state index is 11.4. The normalized spacial score (nSPS) is 28.1. The van der Waals surface area contributed by atoms with Crippen molar-refractivity contribution in [3.05, 3.63) is 23.8 Å². The molecule has 0 aromatic carbocycles. The predicted molar refractivity (Wildman–Crippen MR) is 58.7 cm³/mol. The maximum Gasteiger partial charge on any atom is 0.162 e. The van der Waals surface area contributed by atoms with Gasteiger partial charge in [0.25, 0.3) is 0 Å². The van der Waals surface area contributed by atoms with Crippen molar-refractivity contribution in [2.24, 2.45) is 5.41 Å². The van der Waals surface area contributed by atoms with E-state index >= 15 is 0 Å². The summed E-state index contributed by atoms with van der Waals surface area (Å²) in [5, 5.41) is 19.0. The van der Waals surface area contributed by atoms with Crippen molar-refractivity contribution in [3.8, 4) is 0 Å². The van der Waals surface area contributed by atoms with Crippen LogP contribution in [0.3, 0.4) is 0 Å². The molecule has 0 fully saturated rings. The van der Waals surface area contributed by atoms with Gasteiger partial charge in [-0.05, 0) is 25.8 Å². The molecular weight excluding hydrogens is 208 g/mol. The number of hydrogen-bond donors (Lipinski definition) is 2. The summed E-state index contributed by atoms with van der Waals surface area (Å²) in [5.41, 5.74) is -2.27. The Labute approximate surface area is 94.3 Å². The van der Waals surface area contributed by atoms with Gasteiger partial charge in [-0.1, -0.05) is 18.2 Å². The predicted octanol–water partition coefficient (Wildman–Crippen LogP) is 0.390. The van der Waals surface area contributed by atoms with Gasteiger partial charge in [-0.25, -0.2) is 0 Å². The highest BCUT2D eigenvalue weighted by atomic mass is 16.3. The lowest BCUT2D eigenvalue weighted by Gasteiger charge is -2.38. The number of ketones is 1. The standard InChI is InChI=1S/C12H16O4/c1-9(15)11(2,16)12(8-14)5-3-10(7-13)4-6-12/h3-5,8,13,16H,6-7H2,1-2H3/t11-,12+/m1/s1. The van der Waals surface area contributed by atoms with E-state index in [4.69, 9.17) is 5.11 Å². The van der Waals surface area contributed by atoms with Crippen LogP contribution in [-0.4, -0.2) is 34.5 Å². The molecule has 0 unspecified atom stereocenters. The van der Waals surface area contributed by atoms with Gasteiger partial charge in [-0.3, -0.25) is 4.79 Å². The highest BCUT2D eigenvalue weighted by molar-refractivity contribution is 5.90. The fourth-order valence-corrected chi connectivity index (χ4v) is 1.70. The third kappa shape index (κ3) is 1.86. The lowest BCUT2D eigenvalue weighted by Crippen LogP contribution is -2.51. The van der Waals surface area contributed by atoms with Crippen molar-refractivity contribution in [1.82, 2.24) is 0 Å². The fraction of sp³-hybridized carbons (Fsp3) is 0.500. The number of carbonyl (C=O) groups excluding carboxylic acids is 2. The second-order valence-corrected chi connectivity index (χ2v) is 4.26. The van der Waals surface area contributed by atoms with Gasteiger partial charge in [0.2, 0.25) is 0 Å². The van der Waals surface area contributed by atoms with Crippen LogP contribution in [0.1, 0.15) is 20.3 Å². The first-order valence-electron chi connectivity index (χ1n) is 5.08. The summed E-state index contributed by atoms with van der Waals surface area (Å²) < 4.78 is 0. The molecule has 0 saturated carbocycles. The van der Waals surface area contributed by atoms with Gasteiger partial charge >= 0.3 is 0 Å². The van der Waals surface area contributed by atoms with Gasteiger partial charge in [-0.2, -0.15) is 0 Å². The molecule has 4 nitrogen and oxygen atoms in total. The van der Waals surface area contributed by atoms with Crippen LogP contribution in [0.5, 0.6) is 0 Å². The summed E-state index contributed by atoms with van der Waals surface area (Å²) in [7, 11) is 0. The molecule has 0 bridgehead atoms. The van der Waals surface area contributed by atoms with Crippen LogP contribution in [0.15, 0.2) is 23.8 Å². The van der Waals surface area contributed by atoms with Crippen molar-refractivity contribution in [3.63, 3.8) is 0 Å². The molecule has 2 N–H and O–H groups in total. The highest BCUT2D eigenvalue weighted by Crippen LogP contribution is 2.38. The Kier molecular flexibility index (Phi) is 3.45. The van der Waals surface area contributed by atoms with Crippen molar-refractivity contribution < 1.29 is 19.8 Å². The van der Waals surface area contributed by atoms with Gasteiger partial charge < -0.3 is 15.0 Å². The van der Waals surface area contributed by atoms with E-state index < -0.39 is 16.8 Å². The van der Waals surface area contributed by atoms with Gasteiger partial charge in [0.05, 0.1) is 12.0 Å². The number of allylic oxidation sites excluding steroid dienone is 1. The Morgan fingerprint density at radius 1 is 1.69 bits per heavy atom. The van der Waals surface area contributed by atoms with E-state index in [9.17, 15) is 14.7 Å². The van der Waals surface area contributed by atoms with Crippen molar-refractivity contribution in [2.75, 3.05) is 6.61 Å². The summed E-state index contributed by atoms with van der Waals surface area (Å²) >= 11 is 0.